The molecule has 5 heteroatoms. The zero-order valence-corrected chi connectivity index (χ0v) is 7.02. The number of rotatable bonds is 2. The van der Waals surface area contributed by atoms with E-state index < -0.39 is 0 Å². The molecule has 0 amide bonds. The average Bonchev–Trinajstić information content (AvgIpc) is 2.18. The molecule has 0 aliphatic carbocycles. The highest BCUT2D eigenvalue weighted by Gasteiger charge is 1.99. The predicted molar refractivity (Wildman–Crippen MR) is 49.5 cm³/mol. The maximum absolute atomic E-state index is 8.72. The molecule has 0 spiro atoms. The first-order chi connectivity index (χ1) is 6.31. The molecule has 64 valence electrons. The first-order valence-electron chi connectivity index (χ1n) is 3.59. The second-order valence-electron chi connectivity index (χ2n) is 2.28. The lowest BCUT2D eigenvalue weighted by Gasteiger charge is -2.02. The summed E-state index contributed by atoms with van der Waals surface area (Å²) in [6.45, 7) is 0. The van der Waals surface area contributed by atoms with Crippen LogP contribution in [-0.2, 0) is 0 Å². The molecule has 13 heavy (non-hydrogen) atoms. The summed E-state index contributed by atoms with van der Waals surface area (Å²) >= 11 is 0. The van der Waals surface area contributed by atoms with Gasteiger partial charge in [-0.25, -0.2) is 0 Å². The largest absolute Gasteiger partial charge is 0.387 e. The molecule has 0 atom stereocenters. The number of nitriles is 1. The van der Waals surface area contributed by atoms with E-state index >= 15 is 0 Å². The van der Waals surface area contributed by atoms with Crippen LogP contribution in [0.1, 0.15) is 5.56 Å². The van der Waals surface area contributed by atoms with Crippen LogP contribution >= 0.6 is 0 Å². The fourth-order valence-corrected chi connectivity index (χ4v) is 0.957. The van der Waals surface area contributed by atoms with Gasteiger partial charge >= 0.3 is 0 Å². The molecule has 5 nitrogen and oxygen atoms in total. The lowest BCUT2D eigenvalue weighted by atomic mass is 10.2. The van der Waals surface area contributed by atoms with Crippen LogP contribution in [0.15, 0.2) is 23.3 Å². The van der Waals surface area contributed by atoms with Crippen molar-refractivity contribution < 1.29 is 0 Å². The minimum Gasteiger partial charge on any atom is -0.387 e. The number of azide groups is 1. The Hall–Kier alpha value is -2.18. The smallest absolute Gasteiger partial charge is 0.101 e. The van der Waals surface area contributed by atoms with Crippen LogP contribution in [0.3, 0.4) is 0 Å². The molecule has 0 saturated carbocycles. The highest BCUT2D eigenvalue weighted by Crippen LogP contribution is 2.21. The maximum atomic E-state index is 8.72. The van der Waals surface area contributed by atoms with Crippen LogP contribution < -0.4 is 5.32 Å². The van der Waals surface area contributed by atoms with Crippen molar-refractivity contribution >= 4 is 11.4 Å². The molecule has 0 aromatic heterocycles. The van der Waals surface area contributed by atoms with E-state index in [1.54, 1.807) is 19.2 Å². The number of hydrogen-bond acceptors (Lipinski definition) is 3. The van der Waals surface area contributed by atoms with Gasteiger partial charge in [0.05, 0.1) is 11.3 Å². The van der Waals surface area contributed by atoms with Gasteiger partial charge in [-0.3, -0.25) is 0 Å². The zero-order valence-electron chi connectivity index (χ0n) is 7.02. The molecule has 1 aromatic rings. The van der Waals surface area contributed by atoms with Gasteiger partial charge in [-0.1, -0.05) is 11.2 Å². The SMILES string of the molecule is CNc1ccc(N=[N+]=[N-])cc1C#N. The second-order valence-corrected chi connectivity index (χ2v) is 2.28. The molecule has 0 fully saturated rings. The number of hydrogen-bond donors (Lipinski definition) is 1. The van der Waals surface area contributed by atoms with Gasteiger partial charge in [-0.2, -0.15) is 5.26 Å². The Morgan fingerprint density at radius 3 is 2.92 bits per heavy atom. The van der Waals surface area contributed by atoms with Crippen molar-refractivity contribution in [2.24, 2.45) is 5.11 Å². The lowest BCUT2D eigenvalue weighted by Crippen LogP contribution is -1.90. The minimum absolute atomic E-state index is 0.443. The molecule has 0 radical (unpaired) electrons. The average molecular weight is 173 g/mol. The van der Waals surface area contributed by atoms with E-state index in [9.17, 15) is 0 Å². The van der Waals surface area contributed by atoms with Crippen LogP contribution in [-0.4, -0.2) is 7.05 Å². The molecular formula is C8H7N5. The van der Waals surface area contributed by atoms with E-state index in [0.717, 1.165) is 5.69 Å². The van der Waals surface area contributed by atoms with Gasteiger partial charge in [0.25, 0.3) is 0 Å². The highest BCUT2D eigenvalue weighted by atomic mass is 15.1. The number of anilines is 1. The van der Waals surface area contributed by atoms with Crippen LogP contribution in [0.25, 0.3) is 10.4 Å². The molecule has 0 aliphatic heterocycles. The number of nitrogens with zero attached hydrogens (tertiary/aromatic N) is 4. The number of nitrogens with one attached hydrogen (secondary N) is 1. The van der Waals surface area contributed by atoms with E-state index in [-0.39, 0.29) is 0 Å². The zero-order chi connectivity index (χ0) is 9.68. The third-order valence-electron chi connectivity index (χ3n) is 1.55. The topological polar surface area (TPSA) is 84.6 Å². The van der Waals surface area contributed by atoms with E-state index in [1.165, 1.54) is 6.07 Å². The summed E-state index contributed by atoms with van der Waals surface area (Å²) in [5, 5.41) is 15.0. The Bertz CT molecular complexity index is 397. The molecule has 0 unspecified atom stereocenters. The Morgan fingerprint density at radius 1 is 1.62 bits per heavy atom. The first-order valence-corrected chi connectivity index (χ1v) is 3.59. The van der Waals surface area contributed by atoms with Gasteiger partial charge in [0.2, 0.25) is 0 Å². The summed E-state index contributed by atoms with van der Waals surface area (Å²) < 4.78 is 0. The third-order valence-corrected chi connectivity index (χ3v) is 1.55. The summed E-state index contributed by atoms with van der Waals surface area (Å²) in [5.74, 6) is 0. The van der Waals surface area contributed by atoms with Gasteiger partial charge in [0, 0.05) is 17.6 Å². The molecule has 0 heterocycles. The van der Waals surface area contributed by atoms with Crippen LogP contribution in [0.4, 0.5) is 11.4 Å². The fraction of sp³-hybridized carbons (Fsp3) is 0.125. The van der Waals surface area contributed by atoms with Crippen LogP contribution in [0.2, 0.25) is 0 Å². The summed E-state index contributed by atoms with van der Waals surface area (Å²) in [4.78, 5) is 2.63. The fourth-order valence-electron chi connectivity index (χ4n) is 0.957. The van der Waals surface area contributed by atoms with Gasteiger partial charge in [0.1, 0.15) is 6.07 Å². The van der Waals surface area contributed by atoms with Gasteiger partial charge in [0.15, 0.2) is 0 Å². The van der Waals surface area contributed by atoms with Crippen LogP contribution in [0, 0.1) is 11.3 Å². The molecular weight excluding hydrogens is 166 g/mol. The van der Waals surface area contributed by atoms with E-state index in [0.29, 0.717) is 11.3 Å². The second kappa shape index (κ2) is 4.00. The standard InChI is InChI=1S/C8H7N5/c1-11-8-3-2-7(12-13-10)4-6(8)5-9/h2-4,11H,1H3. The van der Waals surface area contributed by atoms with Crippen molar-refractivity contribution in [3.05, 3.63) is 34.2 Å². The quantitative estimate of drug-likeness (QED) is 0.423. The molecule has 0 aliphatic rings. The molecule has 1 N–H and O–H groups in total. The normalized spacial score (nSPS) is 8.31. The monoisotopic (exact) mass is 173 g/mol. The third kappa shape index (κ3) is 1.89. The van der Waals surface area contributed by atoms with Gasteiger partial charge in [-0.15, -0.1) is 0 Å². The minimum atomic E-state index is 0.443. The summed E-state index contributed by atoms with van der Waals surface area (Å²) in [5.41, 5.74) is 9.80. The summed E-state index contributed by atoms with van der Waals surface area (Å²) in [6.07, 6.45) is 0. The maximum Gasteiger partial charge on any atom is 0.101 e. The molecule has 1 rings (SSSR count). The lowest BCUT2D eigenvalue weighted by molar-refractivity contribution is 1.41. The van der Waals surface area contributed by atoms with Gasteiger partial charge in [-0.05, 0) is 17.7 Å². The van der Waals surface area contributed by atoms with Crippen molar-refractivity contribution in [1.29, 1.82) is 5.26 Å². The Labute approximate surface area is 75.2 Å². The first kappa shape index (κ1) is 8.91. The Balaban J connectivity index is 3.22. The summed E-state index contributed by atoms with van der Waals surface area (Å²) in [7, 11) is 1.73. The van der Waals surface area contributed by atoms with E-state index in [1.807, 2.05) is 6.07 Å². The van der Waals surface area contributed by atoms with Crippen molar-refractivity contribution in [1.82, 2.24) is 0 Å². The molecule has 1 aromatic carbocycles. The van der Waals surface area contributed by atoms with Crippen molar-refractivity contribution in [3.63, 3.8) is 0 Å². The van der Waals surface area contributed by atoms with Crippen molar-refractivity contribution in [2.45, 2.75) is 0 Å². The molecule has 0 saturated heterocycles. The van der Waals surface area contributed by atoms with Crippen LogP contribution in [0.5, 0.6) is 0 Å². The number of benzene rings is 1. The predicted octanol–water partition coefficient (Wildman–Crippen LogP) is 2.54. The van der Waals surface area contributed by atoms with Gasteiger partial charge < -0.3 is 5.32 Å². The highest BCUT2D eigenvalue weighted by molar-refractivity contribution is 5.62. The van der Waals surface area contributed by atoms with E-state index in [2.05, 4.69) is 15.3 Å². The molecule has 0 bridgehead atoms. The van der Waals surface area contributed by atoms with E-state index in [4.69, 9.17) is 10.8 Å². The Morgan fingerprint density at radius 2 is 2.38 bits per heavy atom. The summed E-state index contributed by atoms with van der Waals surface area (Å²) in [6, 6.07) is 6.88. The van der Waals surface area contributed by atoms with Crippen molar-refractivity contribution in [2.75, 3.05) is 12.4 Å². The van der Waals surface area contributed by atoms with Crippen molar-refractivity contribution in [3.8, 4) is 6.07 Å². The Kier molecular flexibility index (Phi) is 2.74.